The first kappa shape index (κ1) is 19.5. The van der Waals surface area contributed by atoms with Crippen LogP contribution in [-0.2, 0) is 6.54 Å². The zero-order valence-electron chi connectivity index (χ0n) is 17.6. The molecule has 12 nitrogen and oxygen atoms in total. The van der Waals surface area contributed by atoms with Crippen molar-refractivity contribution < 1.29 is 13.9 Å². The van der Waals surface area contributed by atoms with Crippen molar-refractivity contribution in [2.45, 2.75) is 25.3 Å². The number of nitrogens with zero attached hydrogens (tertiary/aromatic N) is 7. The number of benzene rings is 1. The standard InChI is InChI=1S/C21H21N9O3/c1-2-17-18(32-12-31-17)7-13(1)8-22-20-23-9-15(10-24-20)19-27-28-21(33-19)30-5-3-14(4-6-30)16-11-25-29-26-16/h1-2,7,9-11,14H,3-6,8,12H2,(H,22,23,24)(H,25,26,29). The van der Waals surface area contributed by atoms with E-state index in [9.17, 15) is 0 Å². The summed E-state index contributed by atoms with van der Waals surface area (Å²) in [6, 6.07) is 6.32. The van der Waals surface area contributed by atoms with Crippen LogP contribution in [0.2, 0.25) is 0 Å². The molecule has 0 unspecified atom stereocenters. The lowest BCUT2D eigenvalue weighted by Gasteiger charge is -2.29. The van der Waals surface area contributed by atoms with Crippen LogP contribution in [0.1, 0.15) is 30.0 Å². The predicted molar refractivity (Wildman–Crippen MR) is 116 cm³/mol. The summed E-state index contributed by atoms with van der Waals surface area (Å²) in [4.78, 5) is 10.8. The Morgan fingerprint density at radius 3 is 2.70 bits per heavy atom. The third-order valence-corrected chi connectivity index (χ3v) is 5.82. The van der Waals surface area contributed by atoms with Gasteiger partial charge in [0.1, 0.15) is 0 Å². The van der Waals surface area contributed by atoms with Crippen molar-refractivity contribution >= 4 is 12.0 Å². The van der Waals surface area contributed by atoms with Gasteiger partial charge in [0.05, 0.1) is 17.5 Å². The molecular weight excluding hydrogens is 426 g/mol. The molecule has 0 spiro atoms. The maximum Gasteiger partial charge on any atom is 0.318 e. The fourth-order valence-corrected chi connectivity index (χ4v) is 4.00. The molecular formula is C21H21N9O3. The van der Waals surface area contributed by atoms with Crippen molar-refractivity contribution in [1.82, 2.24) is 35.6 Å². The number of aromatic nitrogens is 7. The Labute approximate surface area is 188 Å². The van der Waals surface area contributed by atoms with Gasteiger partial charge in [-0.25, -0.2) is 9.97 Å². The highest BCUT2D eigenvalue weighted by molar-refractivity contribution is 5.52. The number of ether oxygens (including phenoxy) is 2. The Morgan fingerprint density at radius 1 is 1.03 bits per heavy atom. The Balaban J connectivity index is 1.06. The van der Waals surface area contributed by atoms with Gasteiger partial charge in [-0.15, -0.1) is 5.10 Å². The van der Waals surface area contributed by atoms with Crippen LogP contribution in [0.3, 0.4) is 0 Å². The third kappa shape index (κ3) is 4.02. The molecule has 2 aliphatic rings. The molecule has 4 aromatic rings. The number of H-pyrrole nitrogens is 1. The van der Waals surface area contributed by atoms with E-state index in [0.29, 0.717) is 35.9 Å². The molecule has 0 bridgehead atoms. The number of piperidine rings is 1. The predicted octanol–water partition coefficient (Wildman–Crippen LogP) is 2.37. The number of hydrogen-bond donors (Lipinski definition) is 2. The average molecular weight is 447 g/mol. The van der Waals surface area contributed by atoms with Crippen LogP contribution >= 0.6 is 0 Å². The van der Waals surface area contributed by atoms with E-state index in [1.165, 1.54) is 0 Å². The smallest absolute Gasteiger partial charge is 0.318 e. The summed E-state index contributed by atoms with van der Waals surface area (Å²) in [5.74, 6) is 2.81. The molecule has 33 heavy (non-hydrogen) atoms. The van der Waals surface area contributed by atoms with Crippen LogP contribution in [0.5, 0.6) is 11.5 Å². The van der Waals surface area contributed by atoms with Gasteiger partial charge in [0.2, 0.25) is 12.7 Å². The molecule has 1 saturated heterocycles. The second-order valence-corrected chi connectivity index (χ2v) is 7.88. The second kappa shape index (κ2) is 8.37. The first-order valence-corrected chi connectivity index (χ1v) is 10.7. The van der Waals surface area contributed by atoms with Crippen molar-refractivity contribution in [1.29, 1.82) is 0 Å². The van der Waals surface area contributed by atoms with E-state index >= 15 is 0 Å². The summed E-state index contributed by atoms with van der Waals surface area (Å²) >= 11 is 0. The van der Waals surface area contributed by atoms with Gasteiger partial charge in [0.15, 0.2) is 11.5 Å². The van der Waals surface area contributed by atoms with Crippen LogP contribution < -0.4 is 19.7 Å². The third-order valence-electron chi connectivity index (χ3n) is 5.82. The summed E-state index contributed by atoms with van der Waals surface area (Å²) in [5.41, 5.74) is 2.71. The molecule has 0 aliphatic carbocycles. The number of rotatable bonds is 6. The molecule has 0 amide bonds. The summed E-state index contributed by atoms with van der Waals surface area (Å²) < 4.78 is 16.6. The summed E-state index contributed by atoms with van der Waals surface area (Å²) in [6.45, 7) is 2.46. The zero-order valence-corrected chi connectivity index (χ0v) is 17.6. The van der Waals surface area contributed by atoms with Crippen LogP contribution in [0.15, 0.2) is 41.2 Å². The van der Waals surface area contributed by atoms with Gasteiger partial charge in [-0.3, -0.25) is 0 Å². The molecule has 6 rings (SSSR count). The maximum atomic E-state index is 5.89. The van der Waals surface area contributed by atoms with Gasteiger partial charge in [-0.2, -0.15) is 15.4 Å². The number of aromatic amines is 1. The SMILES string of the molecule is c1cc2c(cc1CNc1ncc(-c3nnc(N4CCC(c5cn[nH]n5)CC4)o3)cn1)OCO2. The summed E-state index contributed by atoms with van der Waals surface area (Å²) in [7, 11) is 0. The largest absolute Gasteiger partial charge is 0.454 e. The number of nitrogens with one attached hydrogen (secondary N) is 2. The van der Waals surface area contributed by atoms with Crippen LogP contribution in [0, 0.1) is 0 Å². The molecule has 168 valence electrons. The minimum atomic E-state index is 0.259. The highest BCUT2D eigenvalue weighted by Crippen LogP contribution is 2.33. The molecule has 12 heteroatoms. The van der Waals surface area contributed by atoms with Crippen LogP contribution in [0.25, 0.3) is 11.5 Å². The molecule has 1 aromatic carbocycles. The fraction of sp³-hybridized carbons (Fsp3) is 0.333. The second-order valence-electron chi connectivity index (χ2n) is 7.88. The molecule has 3 aromatic heterocycles. The number of hydrogen-bond acceptors (Lipinski definition) is 11. The number of fused-ring (bicyclic) bond motifs is 1. The number of anilines is 2. The minimum Gasteiger partial charge on any atom is -0.454 e. The summed E-state index contributed by atoms with van der Waals surface area (Å²) in [5, 5.41) is 22.4. The van der Waals surface area contributed by atoms with Crippen molar-refractivity contribution in [3.05, 3.63) is 48.0 Å². The maximum absolute atomic E-state index is 5.89. The molecule has 0 saturated carbocycles. The van der Waals surface area contributed by atoms with E-state index in [-0.39, 0.29) is 6.79 Å². The Bertz CT molecular complexity index is 1220. The van der Waals surface area contributed by atoms with Crippen molar-refractivity contribution in [2.75, 3.05) is 30.1 Å². The van der Waals surface area contributed by atoms with Gasteiger partial charge in [-0.05, 0) is 30.5 Å². The van der Waals surface area contributed by atoms with Crippen LogP contribution in [0.4, 0.5) is 12.0 Å². The lowest BCUT2D eigenvalue weighted by Crippen LogP contribution is -2.33. The highest BCUT2D eigenvalue weighted by atomic mass is 16.7. The topological polar surface area (TPSA) is 140 Å². The van der Waals surface area contributed by atoms with Gasteiger partial charge in [0.25, 0.3) is 5.89 Å². The molecule has 0 atom stereocenters. The summed E-state index contributed by atoms with van der Waals surface area (Å²) in [6.07, 6.45) is 7.04. The minimum absolute atomic E-state index is 0.259. The van der Waals surface area contributed by atoms with Gasteiger partial charge in [0, 0.05) is 37.9 Å². The van der Waals surface area contributed by atoms with Crippen molar-refractivity contribution in [2.24, 2.45) is 0 Å². The van der Waals surface area contributed by atoms with Gasteiger partial charge in [-0.1, -0.05) is 11.2 Å². The van der Waals surface area contributed by atoms with E-state index in [1.54, 1.807) is 18.6 Å². The Morgan fingerprint density at radius 2 is 1.88 bits per heavy atom. The van der Waals surface area contributed by atoms with Crippen LogP contribution in [-0.4, -0.2) is 55.5 Å². The average Bonchev–Trinajstić information content (AvgIpc) is 3.65. The molecule has 1 fully saturated rings. The Kier molecular flexibility index (Phi) is 4.94. The zero-order chi connectivity index (χ0) is 22.0. The van der Waals surface area contributed by atoms with E-state index in [2.05, 4.69) is 45.8 Å². The van der Waals surface area contributed by atoms with Crippen molar-refractivity contribution in [3.8, 4) is 23.0 Å². The Hall–Kier alpha value is -4.22. The first-order valence-electron chi connectivity index (χ1n) is 10.7. The van der Waals surface area contributed by atoms with E-state index in [0.717, 1.165) is 48.7 Å². The molecule has 5 heterocycles. The van der Waals surface area contributed by atoms with E-state index in [1.807, 2.05) is 18.2 Å². The molecule has 0 radical (unpaired) electrons. The molecule has 2 N–H and O–H groups in total. The normalized spacial score (nSPS) is 15.7. The quantitative estimate of drug-likeness (QED) is 0.450. The lowest BCUT2D eigenvalue weighted by atomic mass is 9.94. The van der Waals surface area contributed by atoms with Gasteiger partial charge >= 0.3 is 6.01 Å². The van der Waals surface area contributed by atoms with Crippen molar-refractivity contribution in [3.63, 3.8) is 0 Å². The first-order chi connectivity index (χ1) is 16.3. The molecule has 2 aliphatic heterocycles. The highest BCUT2D eigenvalue weighted by Gasteiger charge is 2.25. The monoisotopic (exact) mass is 447 g/mol. The van der Waals surface area contributed by atoms with E-state index < -0.39 is 0 Å². The van der Waals surface area contributed by atoms with Gasteiger partial charge < -0.3 is 24.1 Å². The fourth-order valence-electron chi connectivity index (χ4n) is 4.00. The van der Waals surface area contributed by atoms with E-state index in [4.69, 9.17) is 13.9 Å². The lowest BCUT2D eigenvalue weighted by molar-refractivity contribution is 0.174.